The second-order valence-electron chi connectivity index (χ2n) is 9.02. The zero-order valence-electron chi connectivity index (χ0n) is 19.1. The smallest absolute Gasteiger partial charge is 0.257 e. The molecule has 2 aliphatic rings. The molecule has 1 atom stereocenters. The van der Waals surface area contributed by atoms with E-state index in [0.29, 0.717) is 36.2 Å². The molecule has 2 aromatic rings. The lowest BCUT2D eigenvalue weighted by atomic mass is 9.92. The number of hydrogen-bond donors (Lipinski definition) is 1. The van der Waals surface area contributed by atoms with Gasteiger partial charge in [-0.2, -0.15) is 0 Å². The van der Waals surface area contributed by atoms with E-state index in [1.165, 1.54) is 19.3 Å². The van der Waals surface area contributed by atoms with Crippen molar-refractivity contribution >= 4 is 11.8 Å². The molecule has 1 aliphatic carbocycles. The van der Waals surface area contributed by atoms with Crippen LogP contribution in [-0.4, -0.2) is 41.0 Å². The summed E-state index contributed by atoms with van der Waals surface area (Å²) in [6, 6.07) is 7.59. The van der Waals surface area contributed by atoms with E-state index in [9.17, 15) is 9.59 Å². The molecule has 1 aromatic carbocycles. The Morgan fingerprint density at radius 2 is 1.91 bits per heavy atom. The van der Waals surface area contributed by atoms with Crippen molar-refractivity contribution in [2.45, 2.75) is 71.4 Å². The molecule has 2 amide bonds. The fraction of sp³-hybridized carbons (Fsp3) is 0.560. The van der Waals surface area contributed by atoms with E-state index in [2.05, 4.69) is 10.5 Å². The molecule has 7 nitrogen and oxygen atoms in total. The molecule has 1 saturated carbocycles. The number of amides is 2. The van der Waals surface area contributed by atoms with Gasteiger partial charge in [0.15, 0.2) is 0 Å². The second-order valence-corrected chi connectivity index (χ2v) is 9.02. The average Bonchev–Trinajstić information content (AvgIpc) is 3.15. The number of hydrogen-bond acceptors (Lipinski definition) is 5. The van der Waals surface area contributed by atoms with Gasteiger partial charge in [0.25, 0.3) is 5.91 Å². The Kier molecular flexibility index (Phi) is 7.12. The highest BCUT2D eigenvalue weighted by atomic mass is 16.5. The number of carbonyl (C=O) groups excluding carboxylic acids is 2. The van der Waals surface area contributed by atoms with Crippen molar-refractivity contribution in [1.82, 2.24) is 15.4 Å². The van der Waals surface area contributed by atoms with Gasteiger partial charge in [0.2, 0.25) is 5.91 Å². The first-order chi connectivity index (χ1) is 15.5. The predicted molar refractivity (Wildman–Crippen MR) is 120 cm³/mol. The number of aromatic nitrogens is 1. The fourth-order valence-electron chi connectivity index (χ4n) is 4.74. The van der Waals surface area contributed by atoms with E-state index in [1.54, 1.807) is 11.0 Å². The highest BCUT2D eigenvalue weighted by Crippen LogP contribution is 2.26. The van der Waals surface area contributed by atoms with Crippen LogP contribution in [0, 0.1) is 19.8 Å². The van der Waals surface area contributed by atoms with Gasteiger partial charge in [0.1, 0.15) is 18.1 Å². The van der Waals surface area contributed by atoms with Gasteiger partial charge >= 0.3 is 0 Å². The number of likely N-dealkylation sites (tertiary alicyclic amines) is 1. The van der Waals surface area contributed by atoms with E-state index in [-0.39, 0.29) is 24.3 Å². The third-order valence-corrected chi connectivity index (χ3v) is 6.70. The maximum atomic E-state index is 13.4. The van der Waals surface area contributed by atoms with Crippen LogP contribution in [-0.2, 0) is 11.4 Å². The molecule has 0 spiro atoms. The van der Waals surface area contributed by atoms with E-state index in [0.717, 1.165) is 36.9 Å². The van der Waals surface area contributed by atoms with Crippen molar-refractivity contribution in [2.75, 3.05) is 13.1 Å². The Hall–Kier alpha value is -2.83. The quantitative estimate of drug-likeness (QED) is 0.730. The first-order valence-electron chi connectivity index (χ1n) is 11.8. The molecule has 1 aromatic heterocycles. The van der Waals surface area contributed by atoms with Crippen LogP contribution in [0.3, 0.4) is 0 Å². The molecular formula is C25H33N3O4. The standard InChI is InChI=1S/C25H33N3O4/c1-17-22(18(2)32-27-17)16-31-23-13-7-6-12-21(23)25(30)28-14-8-9-19(15-28)24(29)26-20-10-4-3-5-11-20/h6-7,12-13,19-20H,3-5,8-11,14-16H2,1-2H3,(H,26,29)/t19-/m1/s1. The summed E-state index contributed by atoms with van der Waals surface area (Å²) < 4.78 is 11.2. The van der Waals surface area contributed by atoms with Crippen LogP contribution in [0.1, 0.15) is 72.3 Å². The van der Waals surface area contributed by atoms with Crippen LogP contribution < -0.4 is 10.1 Å². The molecule has 32 heavy (non-hydrogen) atoms. The Balaban J connectivity index is 1.40. The van der Waals surface area contributed by atoms with Crippen molar-refractivity contribution in [3.05, 3.63) is 46.8 Å². The third-order valence-electron chi connectivity index (χ3n) is 6.70. The molecule has 1 saturated heterocycles. The largest absolute Gasteiger partial charge is 0.488 e. The third kappa shape index (κ3) is 5.14. The van der Waals surface area contributed by atoms with E-state index in [4.69, 9.17) is 9.26 Å². The monoisotopic (exact) mass is 439 g/mol. The summed E-state index contributed by atoms with van der Waals surface area (Å²) in [5, 5.41) is 7.19. The molecule has 172 valence electrons. The summed E-state index contributed by atoms with van der Waals surface area (Å²) in [5.74, 6) is 1.11. The number of carbonyl (C=O) groups is 2. The molecule has 1 aliphatic heterocycles. The first-order valence-corrected chi connectivity index (χ1v) is 11.8. The zero-order chi connectivity index (χ0) is 22.5. The normalized spacial score (nSPS) is 19.6. The van der Waals surface area contributed by atoms with Gasteiger partial charge < -0.3 is 19.5 Å². The van der Waals surface area contributed by atoms with Crippen LogP contribution in [0.4, 0.5) is 0 Å². The second kappa shape index (κ2) is 10.2. The number of piperidine rings is 1. The van der Waals surface area contributed by atoms with E-state index >= 15 is 0 Å². The van der Waals surface area contributed by atoms with Gasteiger partial charge in [-0.3, -0.25) is 9.59 Å². The Morgan fingerprint density at radius 1 is 1.12 bits per heavy atom. The fourth-order valence-corrected chi connectivity index (χ4v) is 4.74. The average molecular weight is 440 g/mol. The minimum atomic E-state index is -0.148. The maximum Gasteiger partial charge on any atom is 0.257 e. The van der Waals surface area contributed by atoms with Crippen LogP contribution in [0.15, 0.2) is 28.8 Å². The minimum Gasteiger partial charge on any atom is -0.488 e. The highest BCUT2D eigenvalue weighted by Gasteiger charge is 2.31. The van der Waals surface area contributed by atoms with Crippen molar-refractivity contribution in [3.8, 4) is 5.75 Å². The van der Waals surface area contributed by atoms with E-state index in [1.807, 2.05) is 32.0 Å². The van der Waals surface area contributed by atoms with Gasteiger partial charge in [-0.1, -0.05) is 36.6 Å². The Labute approximate surface area is 189 Å². The molecule has 0 unspecified atom stereocenters. The number of ether oxygens (including phenoxy) is 1. The summed E-state index contributed by atoms with van der Waals surface area (Å²) in [6.07, 6.45) is 7.42. The van der Waals surface area contributed by atoms with E-state index < -0.39 is 0 Å². The van der Waals surface area contributed by atoms with Crippen molar-refractivity contribution < 1.29 is 18.8 Å². The summed E-state index contributed by atoms with van der Waals surface area (Å²) in [7, 11) is 0. The Bertz CT molecular complexity index is 929. The molecule has 2 fully saturated rings. The lowest BCUT2D eigenvalue weighted by Gasteiger charge is -2.33. The molecule has 2 heterocycles. The van der Waals surface area contributed by atoms with Gasteiger partial charge in [-0.25, -0.2) is 0 Å². The molecule has 1 N–H and O–H groups in total. The molecule has 7 heteroatoms. The number of benzene rings is 1. The maximum absolute atomic E-state index is 13.4. The van der Waals surface area contributed by atoms with Crippen LogP contribution in [0.2, 0.25) is 0 Å². The van der Waals surface area contributed by atoms with Crippen LogP contribution >= 0.6 is 0 Å². The molecular weight excluding hydrogens is 406 g/mol. The van der Waals surface area contributed by atoms with Gasteiger partial charge in [0, 0.05) is 19.1 Å². The van der Waals surface area contributed by atoms with Gasteiger partial charge in [-0.15, -0.1) is 0 Å². The van der Waals surface area contributed by atoms with Gasteiger partial charge in [0.05, 0.1) is 22.7 Å². The zero-order valence-corrected chi connectivity index (χ0v) is 19.1. The minimum absolute atomic E-state index is 0.0884. The topological polar surface area (TPSA) is 84.7 Å². The SMILES string of the molecule is Cc1noc(C)c1COc1ccccc1C(=O)N1CCC[C@@H](C(=O)NC2CCCCC2)C1. The number of nitrogens with one attached hydrogen (secondary N) is 1. The van der Waals surface area contributed by atoms with Crippen molar-refractivity contribution in [3.63, 3.8) is 0 Å². The highest BCUT2D eigenvalue weighted by molar-refractivity contribution is 5.97. The number of para-hydroxylation sites is 1. The Morgan fingerprint density at radius 3 is 2.66 bits per heavy atom. The molecule has 0 radical (unpaired) electrons. The van der Waals surface area contributed by atoms with Crippen molar-refractivity contribution in [1.29, 1.82) is 0 Å². The number of aryl methyl sites for hydroxylation is 2. The lowest BCUT2D eigenvalue weighted by molar-refractivity contribution is -0.127. The summed E-state index contributed by atoms with van der Waals surface area (Å²) >= 11 is 0. The van der Waals surface area contributed by atoms with Crippen molar-refractivity contribution in [2.24, 2.45) is 5.92 Å². The summed E-state index contributed by atoms with van der Waals surface area (Å²) in [5.41, 5.74) is 2.20. The van der Waals surface area contributed by atoms with Gasteiger partial charge in [-0.05, 0) is 51.7 Å². The molecule has 4 rings (SSSR count). The molecule has 0 bridgehead atoms. The number of nitrogens with zero attached hydrogens (tertiary/aromatic N) is 2. The summed E-state index contributed by atoms with van der Waals surface area (Å²) in [6.45, 7) is 5.12. The van der Waals surface area contributed by atoms with Crippen LogP contribution in [0.25, 0.3) is 0 Å². The predicted octanol–water partition coefficient (Wildman–Crippen LogP) is 4.17. The van der Waals surface area contributed by atoms with Crippen LogP contribution in [0.5, 0.6) is 5.75 Å². The number of rotatable bonds is 6. The lowest BCUT2D eigenvalue weighted by Crippen LogP contribution is -2.48. The summed E-state index contributed by atoms with van der Waals surface area (Å²) in [4.78, 5) is 28.0. The first kappa shape index (κ1) is 22.4.